The van der Waals surface area contributed by atoms with Crippen molar-refractivity contribution in [2.24, 2.45) is 0 Å². The van der Waals surface area contributed by atoms with E-state index in [0.29, 0.717) is 0 Å². The maximum absolute atomic E-state index is 3.69. The van der Waals surface area contributed by atoms with Crippen molar-refractivity contribution in [3.8, 4) is 0 Å². The molecule has 0 saturated carbocycles. The van der Waals surface area contributed by atoms with E-state index in [1.165, 1.54) is 83.8 Å². The minimum absolute atomic E-state index is 0.955. The van der Waals surface area contributed by atoms with Gasteiger partial charge in [0, 0.05) is 20.5 Å². The number of hydrogen-bond acceptors (Lipinski definition) is 2. The summed E-state index contributed by atoms with van der Waals surface area (Å²) in [5, 5.41) is 1.91. The number of hydrogen-bond donors (Lipinski definition) is 0. The van der Waals surface area contributed by atoms with Crippen LogP contribution >= 0.6 is 55.4 Å². The van der Waals surface area contributed by atoms with Gasteiger partial charge in [0.05, 0.1) is 0 Å². The van der Waals surface area contributed by atoms with E-state index in [1.807, 2.05) is 23.5 Å². The molecule has 4 heteroatoms. The van der Waals surface area contributed by atoms with Crippen molar-refractivity contribution in [1.29, 1.82) is 0 Å². The first-order valence-electron chi connectivity index (χ1n) is 9.30. The minimum atomic E-state index is 0.955. The lowest BCUT2D eigenvalue weighted by atomic mass is 10.2. The maximum Gasteiger partial charge on any atom is 0.0294 e. The molecule has 1 aromatic carbocycles. The number of unbranched alkanes of at least 4 members (excludes halogenated alkanes) is 6. The zero-order valence-electron chi connectivity index (χ0n) is 15.2. The number of halogens is 2. The number of alkyl halides is 2. The van der Waals surface area contributed by atoms with Crippen LogP contribution in [0.1, 0.15) is 76.3 Å². The van der Waals surface area contributed by atoms with Crippen molar-refractivity contribution in [2.75, 3.05) is 11.5 Å². The van der Waals surface area contributed by atoms with Gasteiger partial charge in [0.15, 0.2) is 0 Å². The molecule has 0 aliphatic rings. The molecule has 0 spiro atoms. The second-order valence-electron chi connectivity index (χ2n) is 6.15. The Bertz CT molecular complexity index is 408. The molecule has 0 bridgehead atoms. The summed E-state index contributed by atoms with van der Waals surface area (Å²) in [6.07, 6.45) is 10.8. The van der Waals surface area contributed by atoms with Crippen molar-refractivity contribution in [3.63, 3.8) is 0 Å². The zero-order chi connectivity index (χ0) is 17.6. The van der Waals surface area contributed by atoms with Gasteiger partial charge in [0.2, 0.25) is 0 Å². The summed E-state index contributed by atoms with van der Waals surface area (Å²) in [6, 6.07) is 4.84. The first-order chi connectivity index (χ1) is 11.8. The smallest absolute Gasteiger partial charge is 0.0294 e. The molecular weight excluding hydrogens is 464 g/mol. The molecule has 0 nitrogen and oxygen atoms in total. The molecule has 0 atom stereocenters. The van der Waals surface area contributed by atoms with Gasteiger partial charge in [-0.3, -0.25) is 0 Å². The highest BCUT2D eigenvalue weighted by atomic mass is 79.9. The highest BCUT2D eigenvalue weighted by molar-refractivity contribution is 9.08. The molecule has 0 amide bonds. The van der Waals surface area contributed by atoms with E-state index in [2.05, 4.69) is 57.8 Å². The fourth-order valence-electron chi connectivity index (χ4n) is 2.54. The molecule has 0 fully saturated rings. The second kappa shape index (κ2) is 15.0. The van der Waals surface area contributed by atoms with Crippen molar-refractivity contribution in [2.45, 2.75) is 85.7 Å². The maximum atomic E-state index is 3.69. The standard InChI is InChI=1S/C20H32Br2S2/c1-3-5-7-9-11-23-19-13-18(16-22)20(14-17(19)15-21)24-12-10-8-6-4-2/h13-14H,3-12,15-16H2,1-2H3. The van der Waals surface area contributed by atoms with Crippen molar-refractivity contribution >= 4 is 55.4 Å². The van der Waals surface area contributed by atoms with E-state index < -0.39 is 0 Å². The van der Waals surface area contributed by atoms with E-state index >= 15 is 0 Å². The number of benzene rings is 1. The Morgan fingerprint density at radius 2 is 1.08 bits per heavy atom. The van der Waals surface area contributed by atoms with Crippen LogP contribution in [0, 0.1) is 0 Å². The van der Waals surface area contributed by atoms with Gasteiger partial charge in [-0.05, 0) is 47.6 Å². The highest BCUT2D eigenvalue weighted by Crippen LogP contribution is 2.34. The van der Waals surface area contributed by atoms with E-state index in [9.17, 15) is 0 Å². The normalized spacial score (nSPS) is 11.2. The fraction of sp³-hybridized carbons (Fsp3) is 0.700. The topological polar surface area (TPSA) is 0 Å². The Labute approximate surface area is 175 Å². The molecule has 0 heterocycles. The quantitative estimate of drug-likeness (QED) is 0.143. The van der Waals surface area contributed by atoms with E-state index in [4.69, 9.17) is 0 Å². The SMILES string of the molecule is CCCCCCSc1cc(CBr)c(SCCCCCC)cc1CBr. The summed E-state index contributed by atoms with van der Waals surface area (Å²) >= 11 is 11.5. The first-order valence-corrected chi connectivity index (χ1v) is 13.5. The fourth-order valence-corrected chi connectivity index (χ4v) is 6.06. The average molecular weight is 496 g/mol. The Morgan fingerprint density at radius 1 is 0.667 bits per heavy atom. The van der Waals surface area contributed by atoms with Crippen molar-refractivity contribution in [1.82, 2.24) is 0 Å². The van der Waals surface area contributed by atoms with Gasteiger partial charge >= 0.3 is 0 Å². The Morgan fingerprint density at radius 3 is 1.42 bits per heavy atom. The molecule has 0 aliphatic heterocycles. The van der Waals surface area contributed by atoms with Gasteiger partial charge in [-0.15, -0.1) is 23.5 Å². The average Bonchev–Trinajstić information content (AvgIpc) is 2.61. The molecule has 24 heavy (non-hydrogen) atoms. The Balaban J connectivity index is 2.63. The molecule has 138 valence electrons. The van der Waals surface area contributed by atoms with Gasteiger partial charge in [-0.1, -0.05) is 84.2 Å². The van der Waals surface area contributed by atoms with Crippen LogP contribution in [-0.4, -0.2) is 11.5 Å². The summed E-state index contributed by atoms with van der Waals surface area (Å²) < 4.78 is 0. The molecule has 0 aliphatic carbocycles. The third-order valence-corrected chi connectivity index (χ3v) is 7.62. The van der Waals surface area contributed by atoms with Gasteiger partial charge < -0.3 is 0 Å². The van der Waals surface area contributed by atoms with Gasteiger partial charge in [0.1, 0.15) is 0 Å². The van der Waals surface area contributed by atoms with Crippen LogP contribution in [0.15, 0.2) is 21.9 Å². The lowest BCUT2D eigenvalue weighted by Gasteiger charge is -2.14. The lowest BCUT2D eigenvalue weighted by Crippen LogP contribution is -1.93. The monoisotopic (exact) mass is 494 g/mol. The van der Waals surface area contributed by atoms with Crippen LogP contribution in [0.2, 0.25) is 0 Å². The summed E-state index contributed by atoms with van der Waals surface area (Å²) in [4.78, 5) is 2.93. The van der Waals surface area contributed by atoms with Crippen LogP contribution in [0.3, 0.4) is 0 Å². The van der Waals surface area contributed by atoms with Crippen LogP contribution in [-0.2, 0) is 10.7 Å². The predicted octanol–water partition coefficient (Wildman–Crippen LogP) is 8.82. The summed E-state index contributed by atoms with van der Waals surface area (Å²) in [7, 11) is 0. The van der Waals surface area contributed by atoms with Gasteiger partial charge in [0.25, 0.3) is 0 Å². The molecular formula is C20H32Br2S2. The molecule has 0 saturated heterocycles. The van der Waals surface area contributed by atoms with Crippen LogP contribution in [0.25, 0.3) is 0 Å². The second-order valence-corrected chi connectivity index (χ2v) is 9.55. The lowest BCUT2D eigenvalue weighted by molar-refractivity contribution is 0.706. The summed E-state index contributed by atoms with van der Waals surface area (Å²) in [6.45, 7) is 4.55. The molecule has 1 rings (SSSR count). The number of thioether (sulfide) groups is 2. The van der Waals surface area contributed by atoms with Crippen LogP contribution in [0.5, 0.6) is 0 Å². The van der Waals surface area contributed by atoms with E-state index in [0.717, 1.165) is 10.7 Å². The van der Waals surface area contributed by atoms with Gasteiger partial charge in [-0.2, -0.15) is 0 Å². The Hall–Kier alpha value is 0.880. The largest absolute Gasteiger partial charge is 0.126 e. The number of rotatable bonds is 14. The third kappa shape index (κ3) is 9.00. The minimum Gasteiger partial charge on any atom is -0.126 e. The van der Waals surface area contributed by atoms with Crippen LogP contribution in [0.4, 0.5) is 0 Å². The molecule has 0 N–H and O–H groups in total. The van der Waals surface area contributed by atoms with Crippen LogP contribution < -0.4 is 0 Å². The molecule has 1 aromatic rings. The summed E-state index contributed by atoms with van der Waals surface area (Å²) in [5.41, 5.74) is 2.91. The summed E-state index contributed by atoms with van der Waals surface area (Å²) in [5.74, 6) is 2.48. The predicted molar refractivity (Wildman–Crippen MR) is 121 cm³/mol. The van der Waals surface area contributed by atoms with E-state index in [-0.39, 0.29) is 0 Å². The Kier molecular flexibility index (Phi) is 14.3. The highest BCUT2D eigenvalue weighted by Gasteiger charge is 2.10. The molecule has 0 aromatic heterocycles. The van der Waals surface area contributed by atoms with E-state index in [1.54, 1.807) is 0 Å². The first kappa shape index (κ1) is 22.9. The van der Waals surface area contributed by atoms with Crippen molar-refractivity contribution in [3.05, 3.63) is 23.3 Å². The van der Waals surface area contributed by atoms with Gasteiger partial charge in [-0.25, -0.2) is 0 Å². The zero-order valence-corrected chi connectivity index (χ0v) is 20.0. The van der Waals surface area contributed by atoms with Crippen molar-refractivity contribution < 1.29 is 0 Å². The third-order valence-electron chi connectivity index (χ3n) is 4.04. The molecule has 0 radical (unpaired) electrons. The molecule has 0 unspecified atom stereocenters.